The predicted octanol–water partition coefficient (Wildman–Crippen LogP) is 5.03. The van der Waals surface area contributed by atoms with E-state index in [4.69, 9.17) is 13.9 Å². The predicted molar refractivity (Wildman–Crippen MR) is 125 cm³/mol. The lowest BCUT2D eigenvalue weighted by Gasteiger charge is -2.12. The Morgan fingerprint density at radius 2 is 1.83 bits per heavy atom. The first-order valence-corrected chi connectivity index (χ1v) is 11.2. The van der Waals surface area contributed by atoms with E-state index in [1.807, 2.05) is 0 Å². The Morgan fingerprint density at radius 3 is 2.54 bits per heavy atom. The Morgan fingerprint density at radius 1 is 1.06 bits per heavy atom. The first-order valence-electron chi connectivity index (χ1n) is 10.4. The van der Waals surface area contributed by atoms with Gasteiger partial charge in [0.1, 0.15) is 18.2 Å². The molecule has 0 radical (unpaired) electrons. The van der Waals surface area contributed by atoms with Crippen molar-refractivity contribution in [2.45, 2.75) is 13.2 Å². The van der Waals surface area contributed by atoms with Crippen LogP contribution in [0.4, 0.5) is 9.18 Å². The summed E-state index contributed by atoms with van der Waals surface area (Å²) in [5.74, 6) is -0.282. The second-order valence-corrected chi connectivity index (χ2v) is 8.34. The number of hydrogen-bond donors (Lipinski definition) is 0. The summed E-state index contributed by atoms with van der Waals surface area (Å²) in [6.07, 6.45) is 1.58. The molecular weight excluding hydrogens is 477 g/mol. The molecule has 4 rings (SSSR count). The van der Waals surface area contributed by atoms with E-state index < -0.39 is 17.1 Å². The van der Waals surface area contributed by atoms with E-state index in [-0.39, 0.29) is 35.4 Å². The lowest BCUT2D eigenvalue weighted by molar-refractivity contribution is -0.123. The minimum atomic E-state index is -0.649. The molecule has 2 amide bonds. The van der Waals surface area contributed by atoms with Gasteiger partial charge >= 0.3 is 5.97 Å². The minimum absolute atomic E-state index is 0.0150. The molecule has 3 aromatic rings. The summed E-state index contributed by atoms with van der Waals surface area (Å²) in [6.45, 7) is 0.109. The number of imide groups is 1. The fourth-order valence-corrected chi connectivity index (χ4v) is 4.09. The summed E-state index contributed by atoms with van der Waals surface area (Å²) in [6, 6.07) is 14.0. The highest BCUT2D eigenvalue weighted by Gasteiger charge is 2.35. The first-order chi connectivity index (χ1) is 16.9. The van der Waals surface area contributed by atoms with Crippen molar-refractivity contribution in [1.82, 2.24) is 4.90 Å². The van der Waals surface area contributed by atoms with E-state index in [9.17, 15) is 18.8 Å². The van der Waals surface area contributed by atoms with Gasteiger partial charge in [0.05, 0.1) is 25.7 Å². The minimum Gasteiger partial charge on any atom is -0.493 e. The Hall–Kier alpha value is -4.05. The summed E-state index contributed by atoms with van der Waals surface area (Å²) in [7, 11) is 2.72. The lowest BCUT2D eigenvalue weighted by Crippen LogP contribution is -2.27. The number of amides is 2. The van der Waals surface area contributed by atoms with Gasteiger partial charge < -0.3 is 18.6 Å². The first kappa shape index (κ1) is 24.1. The van der Waals surface area contributed by atoms with Crippen LogP contribution in [-0.2, 0) is 22.7 Å². The van der Waals surface area contributed by atoms with Crippen LogP contribution in [0.1, 0.15) is 27.4 Å². The Labute approximate surface area is 204 Å². The number of benzene rings is 2. The molecule has 8 nitrogen and oxygen atoms in total. The molecule has 180 valence electrons. The lowest BCUT2D eigenvalue weighted by atomic mass is 10.1. The highest BCUT2D eigenvalue weighted by atomic mass is 32.2. The normalized spacial score (nSPS) is 14.5. The molecule has 1 aliphatic rings. The average molecular weight is 498 g/mol. The summed E-state index contributed by atoms with van der Waals surface area (Å²) in [5, 5.41) is -0.455. The van der Waals surface area contributed by atoms with Gasteiger partial charge in [-0.05, 0) is 65.4 Å². The van der Waals surface area contributed by atoms with Crippen LogP contribution in [0, 0.1) is 5.82 Å². The van der Waals surface area contributed by atoms with Crippen molar-refractivity contribution in [3.63, 3.8) is 0 Å². The number of methoxy groups -OCH3 is 2. The number of ether oxygens (including phenoxy) is 3. The number of rotatable bonds is 8. The second kappa shape index (κ2) is 10.5. The Balaban J connectivity index is 1.46. The summed E-state index contributed by atoms with van der Waals surface area (Å²) in [5.41, 5.74) is 1.42. The summed E-state index contributed by atoms with van der Waals surface area (Å²) >= 11 is 0.802. The SMILES string of the molecule is COC(=O)c1ccc(CN2C(=O)SC(=Cc3ccc(OCc4ccc(F)cc4)c(OC)c3)C2=O)o1. The van der Waals surface area contributed by atoms with Gasteiger partial charge in [-0.15, -0.1) is 0 Å². The molecule has 35 heavy (non-hydrogen) atoms. The van der Waals surface area contributed by atoms with Crippen molar-refractivity contribution >= 4 is 35.0 Å². The van der Waals surface area contributed by atoms with Crippen LogP contribution in [0.5, 0.6) is 11.5 Å². The molecule has 0 atom stereocenters. The van der Waals surface area contributed by atoms with Crippen LogP contribution < -0.4 is 9.47 Å². The standard InChI is InChI=1S/C25H20FNO7S/c1-31-21-11-16(5-9-19(21)33-14-15-3-6-17(26)7-4-15)12-22-23(28)27(25(30)35-22)13-18-8-10-20(34-18)24(29)32-2/h3-12H,13-14H2,1-2H3. The number of esters is 1. The maximum Gasteiger partial charge on any atom is 0.373 e. The van der Waals surface area contributed by atoms with Gasteiger partial charge in [0.25, 0.3) is 11.1 Å². The van der Waals surface area contributed by atoms with Gasteiger partial charge in [0.15, 0.2) is 11.5 Å². The second-order valence-electron chi connectivity index (χ2n) is 7.35. The molecule has 0 N–H and O–H groups in total. The largest absolute Gasteiger partial charge is 0.493 e. The van der Waals surface area contributed by atoms with Crippen LogP contribution in [-0.4, -0.2) is 36.2 Å². The quantitative estimate of drug-likeness (QED) is 0.316. The number of thioether (sulfide) groups is 1. The molecule has 2 aromatic carbocycles. The van der Waals surface area contributed by atoms with Crippen molar-refractivity contribution in [3.05, 3.63) is 88.0 Å². The molecule has 0 spiro atoms. The average Bonchev–Trinajstić information content (AvgIpc) is 3.44. The van der Waals surface area contributed by atoms with E-state index in [0.29, 0.717) is 17.1 Å². The monoisotopic (exact) mass is 497 g/mol. The van der Waals surface area contributed by atoms with Gasteiger partial charge in [-0.2, -0.15) is 0 Å². The molecule has 0 saturated carbocycles. The third-order valence-electron chi connectivity index (χ3n) is 5.03. The molecule has 1 fully saturated rings. The molecule has 0 bridgehead atoms. The van der Waals surface area contributed by atoms with Crippen molar-refractivity contribution in [3.8, 4) is 11.5 Å². The van der Waals surface area contributed by atoms with Gasteiger partial charge in [0, 0.05) is 0 Å². The molecule has 10 heteroatoms. The van der Waals surface area contributed by atoms with E-state index in [0.717, 1.165) is 22.2 Å². The van der Waals surface area contributed by atoms with Crippen molar-refractivity contribution in [1.29, 1.82) is 0 Å². The van der Waals surface area contributed by atoms with Gasteiger partial charge in [-0.1, -0.05) is 18.2 Å². The molecule has 1 aliphatic heterocycles. The van der Waals surface area contributed by atoms with Crippen molar-refractivity contribution in [2.24, 2.45) is 0 Å². The zero-order valence-corrected chi connectivity index (χ0v) is 19.6. The molecular formula is C25H20FNO7S. The molecule has 0 unspecified atom stereocenters. The van der Waals surface area contributed by atoms with E-state index in [2.05, 4.69) is 4.74 Å². The zero-order valence-electron chi connectivity index (χ0n) is 18.8. The smallest absolute Gasteiger partial charge is 0.373 e. The summed E-state index contributed by atoms with van der Waals surface area (Å²) in [4.78, 5) is 38.1. The van der Waals surface area contributed by atoms with Crippen LogP contribution >= 0.6 is 11.8 Å². The van der Waals surface area contributed by atoms with E-state index >= 15 is 0 Å². The van der Waals surface area contributed by atoms with E-state index in [1.165, 1.54) is 38.5 Å². The fourth-order valence-electron chi connectivity index (χ4n) is 3.25. The molecule has 1 aromatic heterocycles. The number of furan rings is 1. The highest BCUT2D eigenvalue weighted by Crippen LogP contribution is 2.35. The molecule has 2 heterocycles. The topological polar surface area (TPSA) is 95.3 Å². The van der Waals surface area contributed by atoms with Crippen molar-refractivity contribution < 1.29 is 37.4 Å². The number of carbonyl (C=O) groups is 3. The third kappa shape index (κ3) is 5.55. The maximum atomic E-state index is 13.1. The van der Waals surface area contributed by atoms with Crippen molar-refractivity contribution in [2.75, 3.05) is 14.2 Å². The Kier molecular flexibility index (Phi) is 7.21. The molecule has 1 saturated heterocycles. The Bertz CT molecular complexity index is 1300. The van der Waals surface area contributed by atoms with Crippen LogP contribution in [0.25, 0.3) is 6.08 Å². The van der Waals surface area contributed by atoms with Gasteiger partial charge in [0.2, 0.25) is 5.76 Å². The summed E-state index contributed by atoms with van der Waals surface area (Å²) < 4.78 is 34.2. The number of nitrogens with zero attached hydrogens (tertiary/aromatic N) is 1. The number of carbonyl (C=O) groups excluding carboxylic acids is 3. The molecule has 0 aliphatic carbocycles. The number of hydrogen-bond acceptors (Lipinski definition) is 8. The van der Waals surface area contributed by atoms with Crippen LogP contribution in [0.3, 0.4) is 0 Å². The fraction of sp³-hybridized carbons (Fsp3) is 0.160. The highest BCUT2D eigenvalue weighted by molar-refractivity contribution is 8.18. The van der Waals surface area contributed by atoms with Gasteiger partial charge in [-0.25, -0.2) is 9.18 Å². The van der Waals surface area contributed by atoms with Crippen LogP contribution in [0.15, 0.2) is 63.9 Å². The van der Waals surface area contributed by atoms with E-state index in [1.54, 1.807) is 36.4 Å². The zero-order chi connectivity index (χ0) is 24.9. The third-order valence-corrected chi connectivity index (χ3v) is 5.94. The number of halogens is 1. The van der Waals surface area contributed by atoms with Crippen LogP contribution in [0.2, 0.25) is 0 Å². The maximum absolute atomic E-state index is 13.1. The van der Waals surface area contributed by atoms with Gasteiger partial charge in [-0.3, -0.25) is 14.5 Å².